The van der Waals surface area contributed by atoms with Crippen LogP contribution in [0.5, 0.6) is 0 Å². The molecule has 2 aromatic carbocycles. The van der Waals surface area contributed by atoms with Gasteiger partial charge in [-0.25, -0.2) is 0 Å². The third-order valence-corrected chi connectivity index (χ3v) is 5.28. The van der Waals surface area contributed by atoms with E-state index in [9.17, 15) is 4.79 Å². The summed E-state index contributed by atoms with van der Waals surface area (Å²) >= 11 is 7.48. The van der Waals surface area contributed by atoms with Crippen molar-refractivity contribution in [3.63, 3.8) is 0 Å². The number of aromatic nitrogens is 3. The van der Waals surface area contributed by atoms with Gasteiger partial charge in [0, 0.05) is 0 Å². The molecule has 1 amide bonds. The summed E-state index contributed by atoms with van der Waals surface area (Å²) in [4.78, 5) is 12.5. The Balaban J connectivity index is 1.70. The first-order valence-corrected chi connectivity index (χ1v) is 9.46. The Hall–Kier alpha value is -2.31. The van der Waals surface area contributed by atoms with E-state index in [1.165, 1.54) is 11.8 Å². The van der Waals surface area contributed by atoms with E-state index in [1.807, 2.05) is 48.7 Å². The molecule has 0 saturated carbocycles. The highest BCUT2D eigenvalue weighted by Gasteiger charge is 2.20. The van der Waals surface area contributed by atoms with Crippen LogP contribution in [0.25, 0.3) is 0 Å². The molecule has 0 saturated heterocycles. The molecule has 0 aliphatic rings. The van der Waals surface area contributed by atoms with Crippen LogP contribution in [0.15, 0.2) is 59.8 Å². The second kappa shape index (κ2) is 8.38. The molecule has 0 aliphatic heterocycles. The van der Waals surface area contributed by atoms with Crippen LogP contribution >= 0.6 is 23.4 Å². The molecule has 3 rings (SSSR count). The fraction of sp³-hybridized carbons (Fsp3) is 0.211. The van der Waals surface area contributed by atoms with Crippen LogP contribution in [0.1, 0.15) is 18.3 Å². The molecule has 0 radical (unpaired) electrons. The molecular weight excluding hydrogens is 368 g/mol. The first-order valence-electron chi connectivity index (χ1n) is 8.20. The van der Waals surface area contributed by atoms with Crippen LogP contribution in [0.4, 0.5) is 5.69 Å². The predicted molar refractivity (Wildman–Crippen MR) is 106 cm³/mol. The largest absolute Gasteiger partial charge is 0.324 e. The van der Waals surface area contributed by atoms with E-state index >= 15 is 0 Å². The molecule has 0 unspecified atom stereocenters. The highest BCUT2D eigenvalue weighted by Crippen LogP contribution is 2.26. The van der Waals surface area contributed by atoms with Crippen molar-refractivity contribution in [2.24, 2.45) is 0 Å². The van der Waals surface area contributed by atoms with Gasteiger partial charge in [-0.1, -0.05) is 65.8 Å². The molecule has 0 spiro atoms. The average Bonchev–Trinajstić information content (AvgIpc) is 2.98. The van der Waals surface area contributed by atoms with E-state index in [0.717, 1.165) is 11.4 Å². The van der Waals surface area contributed by atoms with E-state index < -0.39 is 0 Å². The quantitative estimate of drug-likeness (QED) is 0.637. The summed E-state index contributed by atoms with van der Waals surface area (Å²) in [6, 6.07) is 17.3. The van der Waals surface area contributed by atoms with Crippen LogP contribution in [0, 0.1) is 6.92 Å². The van der Waals surface area contributed by atoms with Gasteiger partial charge in [0.25, 0.3) is 0 Å². The Bertz CT molecular complexity index is 898. The molecule has 1 heterocycles. The minimum Gasteiger partial charge on any atom is -0.324 e. The lowest BCUT2D eigenvalue weighted by atomic mass is 10.2. The molecule has 1 N–H and O–H groups in total. The van der Waals surface area contributed by atoms with Gasteiger partial charge >= 0.3 is 0 Å². The second-order valence-corrected chi connectivity index (χ2v) is 7.55. The molecule has 0 bridgehead atoms. The molecule has 0 fully saturated rings. The zero-order chi connectivity index (χ0) is 18.5. The molecule has 3 aromatic rings. The maximum atomic E-state index is 12.5. The van der Waals surface area contributed by atoms with Gasteiger partial charge in [-0.3, -0.25) is 4.79 Å². The standard InChI is InChI=1S/C19H19ClN4OS/c1-13(18(25)21-17-11-7-6-10-16(17)20)26-19-23-22-14(2)24(19)12-15-8-4-3-5-9-15/h3-11,13H,12H2,1-2H3,(H,21,25)/t13-/m0/s1. The average molecular weight is 387 g/mol. The van der Waals surface area contributed by atoms with Gasteiger partial charge < -0.3 is 9.88 Å². The lowest BCUT2D eigenvalue weighted by Crippen LogP contribution is -2.23. The first-order chi connectivity index (χ1) is 12.5. The van der Waals surface area contributed by atoms with Gasteiger partial charge in [0.1, 0.15) is 5.82 Å². The number of nitrogens with zero attached hydrogens (tertiary/aromatic N) is 3. The number of carbonyl (C=O) groups is 1. The zero-order valence-electron chi connectivity index (χ0n) is 14.5. The van der Waals surface area contributed by atoms with Crippen LogP contribution in [0.3, 0.4) is 0 Å². The predicted octanol–water partition coefficient (Wildman–Crippen LogP) is 4.41. The highest BCUT2D eigenvalue weighted by atomic mass is 35.5. The minimum atomic E-state index is -0.343. The molecule has 5 nitrogen and oxygen atoms in total. The summed E-state index contributed by atoms with van der Waals surface area (Å²) in [7, 11) is 0. The Morgan fingerprint density at radius 2 is 1.85 bits per heavy atom. The number of carbonyl (C=O) groups excluding carboxylic acids is 1. The number of hydrogen-bond donors (Lipinski definition) is 1. The van der Waals surface area contributed by atoms with Crippen LogP contribution in [0.2, 0.25) is 5.02 Å². The smallest absolute Gasteiger partial charge is 0.237 e. The number of hydrogen-bond acceptors (Lipinski definition) is 4. The number of thioether (sulfide) groups is 1. The van der Waals surface area contributed by atoms with Gasteiger partial charge in [-0.2, -0.15) is 0 Å². The Labute approximate surface area is 161 Å². The van der Waals surface area contributed by atoms with E-state index in [-0.39, 0.29) is 11.2 Å². The summed E-state index contributed by atoms with van der Waals surface area (Å²) in [5.41, 5.74) is 1.76. The Morgan fingerprint density at radius 3 is 2.58 bits per heavy atom. The van der Waals surface area contributed by atoms with Gasteiger partial charge in [0.15, 0.2) is 5.16 Å². The van der Waals surface area contributed by atoms with Crippen molar-refractivity contribution in [1.29, 1.82) is 0 Å². The summed E-state index contributed by atoms with van der Waals surface area (Å²) in [6.07, 6.45) is 0. The number of para-hydroxylation sites is 1. The van der Waals surface area contributed by atoms with E-state index in [2.05, 4.69) is 27.6 Å². The van der Waals surface area contributed by atoms with Crippen LogP contribution < -0.4 is 5.32 Å². The van der Waals surface area contributed by atoms with Gasteiger partial charge in [-0.15, -0.1) is 10.2 Å². The second-order valence-electron chi connectivity index (χ2n) is 5.83. The Morgan fingerprint density at radius 1 is 1.15 bits per heavy atom. The summed E-state index contributed by atoms with van der Waals surface area (Å²) in [5.74, 6) is 0.685. The first kappa shape index (κ1) is 18.5. The molecule has 26 heavy (non-hydrogen) atoms. The number of anilines is 1. The molecule has 0 aliphatic carbocycles. The lowest BCUT2D eigenvalue weighted by molar-refractivity contribution is -0.115. The van der Waals surface area contributed by atoms with E-state index in [1.54, 1.807) is 12.1 Å². The van der Waals surface area contributed by atoms with Crippen molar-refractivity contribution in [1.82, 2.24) is 14.8 Å². The topological polar surface area (TPSA) is 59.8 Å². The third-order valence-electron chi connectivity index (χ3n) is 3.87. The van der Waals surface area contributed by atoms with Crippen molar-refractivity contribution in [3.8, 4) is 0 Å². The Kier molecular flexibility index (Phi) is 5.96. The number of amides is 1. The van der Waals surface area contributed by atoms with Crippen molar-refractivity contribution in [2.45, 2.75) is 30.8 Å². The van der Waals surface area contributed by atoms with Gasteiger partial charge in [-0.05, 0) is 31.5 Å². The van der Waals surface area contributed by atoms with Gasteiger partial charge in [0.05, 0.1) is 22.5 Å². The number of rotatable bonds is 6. The van der Waals surface area contributed by atoms with E-state index in [0.29, 0.717) is 22.4 Å². The van der Waals surface area contributed by atoms with Crippen molar-refractivity contribution >= 4 is 35.0 Å². The van der Waals surface area contributed by atoms with Crippen molar-refractivity contribution in [3.05, 3.63) is 71.0 Å². The van der Waals surface area contributed by atoms with Crippen LogP contribution in [-0.2, 0) is 11.3 Å². The molecular formula is C19H19ClN4OS. The lowest BCUT2D eigenvalue weighted by Gasteiger charge is -2.14. The fourth-order valence-electron chi connectivity index (χ4n) is 2.41. The van der Waals surface area contributed by atoms with E-state index in [4.69, 9.17) is 11.6 Å². The van der Waals surface area contributed by atoms with Crippen LogP contribution in [-0.4, -0.2) is 25.9 Å². The number of halogens is 1. The molecule has 134 valence electrons. The number of aryl methyl sites for hydroxylation is 1. The monoisotopic (exact) mass is 386 g/mol. The minimum absolute atomic E-state index is 0.130. The third kappa shape index (κ3) is 4.45. The van der Waals surface area contributed by atoms with Crippen molar-refractivity contribution in [2.75, 3.05) is 5.32 Å². The maximum absolute atomic E-state index is 12.5. The summed E-state index contributed by atoms with van der Waals surface area (Å²) < 4.78 is 2.01. The number of nitrogens with one attached hydrogen (secondary N) is 1. The fourth-order valence-corrected chi connectivity index (χ4v) is 3.48. The molecule has 1 aromatic heterocycles. The normalized spacial score (nSPS) is 12.0. The maximum Gasteiger partial charge on any atom is 0.237 e. The molecule has 1 atom stereocenters. The summed E-state index contributed by atoms with van der Waals surface area (Å²) in [6.45, 7) is 4.42. The SMILES string of the molecule is Cc1nnc(S[C@@H](C)C(=O)Nc2ccccc2Cl)n1Cc1ccccc1. The van der Waals surface area contributed by atoms with Gasteiger partial charge in [0.2, 0.25) is 5.91 Å². The molecule has 7 heteroatoms. The van der Waals surface area contributed by atoms with Crippen molar-refractivity contribution < 1.29 is 4.79 Å². The zero-order valence-corrected chi connectivity index (χ0v) is 16.1. The number of benzene rings is 2. The highest BCUT2D eigenvalue weighted by molar-refractivity contribution is 8.00. The summed E-state index contributed by atoms with van der Waals surface area (Å²) in [5, 5.41) is 12.1.